The molecule has 1 unspecified atom stereocenters. The molecule has 0 aliphatic heterocycles. The van der Waals surface area contributed by atoms with Crippen LogP contribution in [-0.2, 0) is 9.53 Å². The molecule has 0 heterocycles. The molecule has 1 saturated carbocycles. The summed E-state index contributed by atoms with van der Waals surface area (Å²) >= 11 is 0. The molecular weight excluding hydrogens is 220 g/mol. The van der Waals surface area contributed by atoms with E-state index in [2.05, 4.69) is 6.92 Å². The number of hydrogen-bond donors (Lipinski definition) is 2. The minimum atomic E-state index is -0.822. The first kappa shape index (κ1) is 12.4. The number of fused-ring (bicyclic) bond motifs is 2. The predicted octanol–water partition coefficient (Wildman–Crippen LogP) is 1.93. The third-order valence-corrected chi connectivity index (χ3v) is 4.03. The summed E-state index contributed by atoms with van der Waals surface area (Å²) in [5, 5.41) is 20.2. The first-order chi connectivity index (χ1) is 7.97. The monoisotopic (exact) mass is 240 g/mol. The number of esters is 1. The predicted molar refractivity (Wildman–Crippen MR) is 62.4 cm³/mol. The van der Waals surface area contributed by atoms with Gasteiger partial charge in [0.05, 0.1) is 17.8 Å². The highest BCUT2D eigenvalue weighted by Gasteiger charge is 2.47. The molecule has 0 aromatic heterocycles. The lowest BCUT2D eigenvalue weighted by Crippen LogP contribution is -2.44. The minimum Gasteiger partial charge on any atom is -0.512 e. The Morgan fingerprint density at radius 2 is 2.29 bits per heavy atom. The smallest absolute Gasteiger partial charge is 0.337 e. The second-order valence-corrected chi connectivity index (χ2v) is 5.31. The fraction of sp³-hybridized carbons (Fsp3) is 0.769. The lowest BCUT2D eigenvalue weighted by molar-refractivity contribution is -0.141. The third-order valence-electron chi connectivity index (χ3n) is 4.03. The van der Waals surface area contributed by atoms with Crippen molar-refractivity contribution in [1.82, 2.24) is 0 Å². The van der Waals surface area contributed by atoms with Crippen LogP contribution in [0.2, 0.25) is 0 Å². The lowest BCUT2D eigenvalue weighted by atomic mass is 9.64. The van der Waals surface area contributed by atoms with E-state index in [4.69, 9.17) is 4.74 Å². The van der Waals surface area contributed by atoms with Crippen molar-refractivity contribution in [3.63, 3.8) is 0 Å². The second kappa shape index (κ2) is 4.33. The van der Waals surface area contributed by atoms with E-state index in [1.54, 1.807) is 6.92 Å². The van der Waals surface area contributed by atoms with Crippen molar-refractivity contribution in [2.75, 3.05) is 6.61 Å². The van der Waals surface area contributed by atoms with Crippen molar-refractivity contribution in [3.05, 3.63) is 11.3 Å². The van der Waals surface area contributed by atoms with Crippen molar-refractivity contribution >= 4 is 5.97 Å². The van der Waals surface area contributed by atoms with E-state index in [-0.39, 0.29) is 18.1 Å². The first-order valence-corrected chi connectivity index (χ1v) is 6.28. The molecular formula is C13H20O4. The van der Waals surface area contributed by atoms with Gasteiger partial charge in [-0.15, -0.1) is 0 Å². The van der Waals surface area contributed by atoms with Crippen LogP contribution in [0.5, 0.6) is 0 Å². The fourth-order valence-electron chi connectivity index (χ4n) is 3.06. The Hall–Kier alpha value is -1.03. The number of aliphatic hydroxyl groups is 2. The Kier molecular flexibility index (Phi) is 3.17. The molecule has 2 aliphatic rings. The van der Waals surface area contributed by atoms with Crippen molar-refractivity contribution in [3.8, 4) is 0 Å². The Labute approximate surface area is 101 Å². The van der Waals surface area contributed by atoms with Crippen molar-refractivity contribution < 1.29 is 19.7 Å². The van der Waals surface area contributed by atoms with Gasteiger partial charge in [-0.1, -0.05) is 6.92 Å². The molecule has 0 amide bonds. The van der Waals surface area contributed by atoms with Crippen LogP contribution >= 0.6 is 0 Å². The van der Waals surface area contributed by atoms with Crippen molar-refractivity contribution in [1.29, 1.82) is 0 Å². The normalized spacial score (nSPS) is 36.9. The summed E-state index contributed by atoms with van der Waals surface area (Å²) in [5.41, 5.74) is -0.430. The molecule has 1 fully saturated rings. The van der Waals surface area contributed by atoms with E-state index in [1.807, 2.05) is 0 Å². The molecule has 0 radical (unpaired) electrons. The maximum atomic E-state index is 11.8. The zero-order valence-corrected chi connectivity index (χ0v) is 10.4. The van der Waals surface area contributed by atoms with Crippen molar-refractivity contribution in [2.24, 2.45) is 11.8 Å². The van der Waals surface area contributed by atoms with Crippen LogP contribution in [0.1, 0.15) is 39.5 Å². The van der Waals surface area contributed by atoms with Crippen LogP contribution in [0.25, 0.3) is 0 Å². The van der Waals surface area contributed by atoms with Crippen LogP contribution in [0.4, 0.5) is 0 Å². The molecule has 3 atom stereocenters. The maximum absolute atomic E-state index is 11.8. The molecule has 4 heteroatoms. The number of aliphatic hydroxyl groups excluding tert-OH is 1. The van der Waals surface area contributed by atoms with Gasteiger partial charge in [0.2, 0.25) is 0 Å². The standard InChI is InChI=1S/C13H20O4/c1-3-17-12(15)11-9-6-13(16,7-10(11)14)5-4-8(9)2/h8-9,14,16H,3-7H2,1-2H3/t8?,9-,13+/m0/s1. The Bertz CT molecular complexity index is 360. The van der Waals surface area contributed by atoms with E-state index < -0.39 is 11.6 Å². The van der Waals surface area contributed by atoms with Gasteiger partial charge in [-0.05, 0) is 38.0 Å². The van der Waals surface area contributed by atoms with E-state index in [0.717, 1.165) is 6.42 Å². The molecule has 4 nitrogen and oxygen atoms in total. The zero-order chi connectivity index (χ0) is 12.6. The third kappa shape index (κ3) is 2.18. The molecule has 0 aromatic carbocycles. The highest BCUT2D eigenvalue weighted by molar-refractivity contribution is 5.90. The van der Waals surface area contributed by atoms with Gasteiger partial charge in [0.15, 0.2) is 0 Å². The van der Waals surface area contributed by atoms with Crippen LogP contribution in [0.3, 0.4) is 0 Å². The molecule has 96 valence electrons. The average Bonchev–Trinajstić information content (AvgIpc) is 2.23. The van der Waals surface area contributed by atoms with Gasteiger partial charge in [-0.25, -0.2) is 4.79 Å². The SMILES string of the molecule is CCOC(=O)C1=C(O)C[C@@]2(O)CCC(C)[C@@H]1C2. The van der Waals surface area contributed by atoms with Gasteiger partial charge in [0.25, 0.3) is 0 Å². The summed E-state index contributed by atoms with van der Waals surface area (Å²) < 4.78 is 4.99. The van der Waals surface area contributed by atoms with Crippen molar-refractivity contribution in [2.45, 2.75) is 45.1 Å². The van der Waals surface area contributed by atoms with E-state index in [1.165, 1.54) is 0 Å². The summed E-state index contributed by atoms with van der Waals surface area (Å²) in [6, 6.07) is 0. The number of carbonyl (C=O) groups excluding carboxylic acids is 1. The average molecular weight is 240 g/mol. The van der Waals surface area contributed by atoms with Gasteiger partial charge in [-0.3, -0.25) is 0 Å². The number of rotatable bonds is 2. The van der Waals surface area contributed by atoms with E-state index in [9.17, 15) is 15.0 Å². The summed E-state index contributed by atoms with van der Waals surface area (Å²) in [4.78, 5) is 11.8. The summed E-state index contributed by atoms with van der Waals surface area (Å²) in [7, 11) is 0. The first-order valence-electron chi connectivity index (χ1n) is 6.28. The fourth-order valence-corrected chi connectivity index (χ4v) is 3.06. The van der Waals surface area contributed by atoms with Crippen LogP contribution in [0.15, 0.2) is 11.3 Å². The molecule has 2 N–H and O–H groups in total. The summed E-state index contributed by atoms with van der Waals surface area (Å²) in [6.45, 7) is 4.11. The highest BCUT2D eigenvalue weighted by Crippen LogP contribution is 2.47. The van der Waals surface area contributed by atoms with E-state index >= 15 is 0 Å². The Morgan fingerprint density at radius 3 is 2.94 bits per heavy atom. The largest absolute Gasteiger partial charge is 0.512 e. The minimum absolute atomic E-state index is 0.0220. The second-order valence-electron chi connectivity index (χ2n) is 5.31. The molecule has 2 bridgehead atoms. The number of ether oxygens (including phenoxy) is 1. The van der Waals surface area contributed by atoms with E-state index in [0.29, 0.717) is 30.9 Å². The topological polar surface area (TPSA) is 66.8 Å². The summed E-state index contributed by atoms with van der Waals surface area (Å²) in [5.74, 6) is -0.168. The van der Waals surface area contributed by atoms with Gasteiger partial charge in [0, 0.05) is 6.42 Å². The van der Waals surface area contributed by atoms with Crippen LogP contribution in [0, 0.1) is 11.8 Å². The lowest BCUT2D eigenvalue weighted by Gasteiger charge is -2.44. The number of hydrogen-bond acceptors (Lipinski definition) is 4. The molecule has 0 aromatic rings. The maximum Gasteiger partial charge on any atom is 0.337 e. The quantitative estimate of drug-likeness (QED) is 0.724. The van der Waals surface area contributed by atoms with Gasteiger partial charge in [-0.2, -0.15) is 0 Å². The van der Waals surface area contributed by atoms with Crippen LogP contribution < -0.4 is 0 Å². The molecule has 0 saturated heterocycles. The highest BCUT2D eigenvalue weighted by atomic mass is 16.5. The Balaban J connectivity index is 2.32. The molecule has 2 rings (SSSR count). The molecule has 0 spiro atoms. The van der Waals surface area contributed by atoms with Gasteiger partial charge >= 0.3 is 5.97 Å². The number of carbonyl (C=O) groups is 1. The Morgan fingerprint density at radius 1 is 1.59 bits per heavy atom. The zero-order valence-electron chi connectivity index (χ0n) is 10.4. The van der Waals surface area contributed by atoms with Gasteiger partial charge < -0.3 is 14.9 Å². The van der Waals surface area contributed by atoms with Crippen LogP contribution in [-0.4, -0.2) is 28.4 Å². The molecule has 2 aliphatic carbocycles. The summed E-state index contributed by atoms with van der Waals surface area (Å²) in [6.07, 6.45) is 2.33. The van der Waals surface area contributed by atoms with Gasteiger partial charge in [0.1, 0.15) is 5.76 Å². The molecule has 17 heavy (non-hydrogen) atoms.